The van der Waals surface area contributed by atoms with Gasteiger partial charge < -0.3 is 4.72 Å². The number of aryl methyl sites for hydroxylation is 1. The molecule has 184 valence electrons. The number of nitrogens with one attached hydrogen (secondary N) is 2. The summed E-state index contributed by atoms with van der Waals surface area (Å²) in [4.78, 5) is 12.6. The van der Waals surface area contributed by atoms with Crippen LogP contribution in [-0.2, 0) is 26.8 Å². The summed E-state index contributed by atoms with van der Waals surface area (Å²) >= 11 is 7.13. The molecule has 1 heterocycles. The molecule has 11 heteroatoms. The van der Waals surface area contributed by atoms with Gasteiger partial charge >= 0.3 is 0 Å². The monoisotopic (exact) mass is 549 g/mol. The summed E-state index contributed by atoms with van der Waals surface area (Å²) in [5, 5.41) is 0.600. The second-order valence-corrected chi connectivity index (χ2v) is 13.6. The summed E-state index contributed by atoms with van der Waals surface area (Å²) < 4.78 is 46.6. The van der Waals surface area contributed by atoms with Crippen LogP contribution in [0.25, 0.3) is 10.9 Å². The lowest BCUT2D eigenvalue weighted by atomic mass is 10.0. The highest BCUT2D eigenvalue weighted by Crippen LogP contribution is 2.31. The Balaban J connectivity index is 1.68. The molecule has 0 saturated carbocycles. The summed E-state index contributed by atoms with van der Waals surface area (Å²) in [6, 6.07) is 16.1. The predicted molar refractivity (Wildman–Crippen MR) is 147 cm³/mol. The van der Waals surface area contributed by atoms with Crippen LogP contribution < -0.4 is 14.2 Å². The summed E-state index contributed by atoms with van der Waals surface area (Å²) in [6.45, 7) is 4.13. The fourth-order valence-corrected chi connectivity index (χ4v) is 6.81. The van der Waals surface area contributed by atoms with Crippen molar-refractivity contribution in [3.8, 4) is 0 Å². The van der Waals surface area contributed by atoms with Crippen molar-refractivity contribution in [1.82, 2.24) is 3.96 Å². The molecule has 0 aliphatic rings. The third kappa shape index (κ3) is 5.25. The number of hydrogen-bond donors (Lipinski definition) is 2. The fraction of sp³-hybridized carbons (Fsp3) is 0.167. The first kappa shape index (κ1) is 25.3. The highest BCUT2D eigenvalue weighted by atomic mass is 35.5. The normalized spacial score (nSPS) is 13.6. The molecule has 0 aliphatic heterocycles. The van der Waals surface area contributed by atoms with Gasteiger partial charge in [-0.2, -0.15) is 0 Å². The molecule has 3 aromatic carbocycles. The van der Waals surface area contributed by atoms with E-state index in [1.807, 2.05) is 12.1 Å². The van der Waals surface area contributed by atoms with Crippen LogP contribution in [0.2, 0.25) is 5.02 Å². The number of rotatable bonds is 7. The number of halogens is 1. The third-order valence-corrected chi connectivity index (χ3v) is 9.52. The Morgan fingerprint density at radius 2 is 1.57 bits per heavy atom. The van der Waals surface area contributed by atoms with Gasteiger partial charge in [-0.25, -0.2) is 12.6 Å². The number of aromatic nitrogens is 1. The minimum Gasteiger partial charge on any atom is -0.307 e. The second-order valence-electron chi connectivity index (χ2n) is 8.35. The molecule has 4 rings (SSSR count). The van der Waals surface area contributed by atoms with E-state index in [1.54, 1.807) is 35.3 Å². The molecule has 1 aromatic heterocycles. The molecule has 0 amide bonds. The van der Waals surface area contributed by atoms with E-state index in [9.17, 15) is 17.4 Å². The maximum atomic E-state index is 13.4. The van der Waals surface area contributed by atoms with E-state index in [-0.39, 0.29) is 26.0 Å². The maximum Gasteiger partial charge on any atom is 0.261 e. The lowest BCUT2D eigenvalue weighted by molar-refractivity contribution is 0.601. The molecular formula is C24H24ClN3O4S3. The highest BCUT2D eigenvalue weighted by molar-refractivity contribution is 8.01. The molecule has 1 unspecified atom stereocenters. The molecular weight excluding hydrogens is 526 g/mol. The van der Waals surface area contributed by atoms with Gasteiger partial charge in [-0.05, 0) is 77.4 Å². The lowest BCUT2D eigenvalue weighted by Crippen LogP contribution is -2.17. The summed E-state index contributed by atoms with van der Waals surface area (Å²) in [5.41, 5.74) is 2.09. The molecule has 0 fully saturated rings. The van der Waals surface area contributed by atoms with Crippen LogP contribution in [0.15, 0.2) is 75.2 Å². The van der Waals surface area contributed by atoms with Gasteiger partial charge in [0.25, 0.3) is 14.8 Å². The van der Waals surface area contributed by atoms with Gasteiger partial charge in [-0.1, -0.05) is 37.6 Å². The lowest BCUT2D eigenvalue weighted by Gasteiger charge is -2.18. The third-order valence-electron chi connectivity index (χ3n) is 5.49. The van der Waals surface area contributed by atoms with Crippen LogP contribution in [0.1, 0.15) is 25.3 Å². The first-order chi connectivity index (χ1) is 16.4. The van der Waals surface area contributed by atoms with Gasteiger partial charge in [0, 0.05) is 17.0 Å². The molecule has 0 spiro atoms. The summed E-state index contributed by atoms with van der Waals surface area (Å²) in [7, 11) is -5.37. The average molecular weight is 550 g/mol. The van der Waals surface area contributed by atoms with Crippen LogP contribution in [0.3, 0.4) is 0 Å². The topological polar surface area (TPSA) is 97.3 Å². The molecule has 35 heavy (non-hydrogen) atoms. The fourth-order valence-electron chi connectivity index (χ4n) is 3.55. The molecule has 7 nitrogen and oxygen atoms in total. The smallest absolute Gasteiger partial charge is 0.261 e. The maximum absolute atomic E-state index is 13.4. The number of benzene rings is 3. The van der Waals surface area contributed by atoms with Crippen molar-refractivity contribution in [2.75, 3.05) is 9.44 Å². The van der Waals surface area contributed by atoms with E-state index in [2.05, 4.69) is 29.2 Å². The van der Waals surface area contributed by atoms with Crippen molar-refractivity contribution >= 4 is 71.0 Å². The van der Waals surface area contributed by atoms with Crippen molar-refractivity contribution in [3.05, 3.63) is 80.8 Å². The van der Waals surface area contributed by atoms with Crippen LogP contribution in [0.5, 0.6) is 0 Å². The van der Waals surface area contributed by atoms with Crippen molar-refractivity contribution < 1.29 is 12.6 Å². The number of anilines is 2. The molecule has 0 saturated heterocycles. The first-order valence-electron chi connectivity index (χ1n) is 10.5. The quantitative estimate of drug-likeness (QED) is 0.306. The number of sulfonamides is 1. The largest absolute Gasteiger partial charge is 0.307 e. The highest BCUT2D eigenvalue weighted by Gasteiger charge is 2.20. The summed E-state index contributed by atoms with van der Waals surface area (Å²) in [6.07, 6.45) is 0. The van der Waals surface area contributed by atoms with E-state index >= 15 is 0 Å². The zero-order valence-electron chi connectivity index (χ0n) is 19.2. The predicted octanol–water partition coefficient (Wildman–Crippen LogP) is 5.28. The van der Waals surface area contributed by atoms with Crippen molar-refractivity contribution in [2.45, 2.75) is 29.6 Å². The molecule has 1 atom stereocenters. The zero-order valence-corrected chi connectivity index (χ0v) is 22.4. The first-order valence-corrected chi connectivity index (χ1v) is 14.9. The van der Waals surface area contributed by atoms with Crippen LogP contribution in [0, 0.1) is 0 Å². The Labute approximate surface area is 213 Å². The number of hydrogen-bond acceptors (Lipinski definition) is 5. The Kier molecular flexibility index (Phi) is 6.76. The van der Waals surface area contributed by atoms with Gasteiger partial charge in [0.15, 0.2) is 0 Å². The van der Waals surface area contributed by atoms with Gasteiger partial charge in [0.2, 0.25) is 0 Å². The minimum absolute atomic E-state index is 0.0777. The Morgan fingerprint density at radius 1 is 0.914 bits per heavy atom. The van der Waals surface area contributed by atoms with E-state index < -0.39 is 19.7 Å². The standard InChI is InChI=1S/C24H24ClN3O4S3/c1-15(2)16-5-8-18(9-6-16)34(4,30)26-21-11-7-17(25)13-22(21)27-35(31,32)19-10-12-23-20(14-19)24(29)33-28(23)3/h5-15,27H,4H2,1-3H3,(H,26,30). The molecule has 0 radical (unpaired) electrons. The van der Waals surface area contributed by atoms with E-state index in [0.717, 1.165) is 17.1 Å². The molecule has 0 aliphatic carbocycles. The van der Waals surface area contributed by atoms with E-state index in [0.29, 0.717) is 21.7 Å². The van der Waals surface area contributed by atoms with Gasteiger partial charge in [-0.3, -0.25) is 13.5 Å². The number of fused-ring (bicyclic) bond motifs is 1. The van der Waals surface area contributed by atoms with E-state index in [1.165, 1.54) is 24.3 Å². The van der Waals surface area contributed by atoms with Crippen LogP contribution in [0.4, 0.5) is 11.4 Å². The number of nitrogens with zero attached hydrogens (tertiary/aromatic N) is 1. The second kappa shape index (κ2) is 9.34. The average Bonchev–Trinajstić information content (AvgIpc) is 3.08. The molecule has 4 aromatic rings. The van der Waals surface area contributed by atoms with Crippen LogP contribution >= 0.6 is 23.1 Å². The Bertz CT molecular complexity index is 1690. The minimum atomic E-state index is -4.09. The van der Waals surface area contributed by atoms with Crippen LogP contribution in [-0.4, -0.2) is 22.5 Å². The van der Waals surface area contributed by atoms with Gasteiger partial charge in [0.1, 0.15) is 0 Å². The van der Waals surface area contributed by atoms with E-state index in [4.69, 9.17) is 11.6 Å². The van der Waals surface area contributed by atoms with Crippen molar-refractivity contribution in [1.29, 1.82) is 0 Å². The van der Waals surface area contributed by atoms with Crippen molar-refractivity contribution in [2.24, 2.45) is 7.05 Å². The SMILES string of the molecule is C=S(=O)(Nc1ccc(Cl)cc1NS(=O)(=O)c1ccc2c(c1)c(=O)sn2C)c1ccc(C(C)C)cc1. The summed E-state index contributed by atoms with van der Waals surface area (Å²) in [5.74, 6) is 4.17. The van der Waals surface area contributed by atoms with Gasteiger partial charge in [-0.15, -0.1) is 0 Å². The Hall–Kier alpha value is -2.79. The molecule has 0 bridgehead atoms. The Morgan fingerprint density at radius 3 is 2.23 bits per heavy atom. The van der Waals surface area contributed by atoms with Gasteiger partial charge in [0.05, 0.1) is 36.9 Å². The molecule has 2 N–H and O–H groups in total. The zero-order chi connectivity index (χ0) is 25.5. The van der Waals surface area contributed by atoms with Crippen molar-refractivity contribution in [3.63, 3.8) is 0 Å².